The molecule has 0 saturated heterocycles. The van der Waals surface area contributed by atoms with Gasteiger partial charge in [0.1, 0.15) is 5.52 Å². The van der Waals surface area contributed by atoms with Crippen LogP contribution in [0.2, 0.25) is 5.02 Å². The normalized spacial score (nSPS) is 10.8. The van der Waals surface area contributed by atoms with Gasteiger partial charge in [0.15, 0.2) is 5.58 Å². The summed E-state index contributed by atoms with van der Waals surface area (Å²) in [7, 11) is 0. The summed E-state index contributed by atoms with van der Waals surface area (Å²) >= 11 is 7.13. The minimum atomic E-state index is -0.0359. The second-order valence-electron chi connectivity index (χ2n) is 4.96. The molecule has 0 radical (unpaired) electrons. The molecular formula is C17H15ClN2O2S. The summed E-state index contributed by atoms with van der Waals surface area (Å²) in [5.41, 5.74) is 2.68. The fraction of sp³-hybridized carbons (Fsp3) is 0.176. The van der Waals surface area contributed by atoms with Crippen LogP contribution in [0.4, 0.5) is 0 Å². The first kappa shape index (κ1) is 15.9. The summed E-state index contributed by atoms with van der Waals surface area (Å²) in [6.07, 6.45) is 0.774. The third kappa shape index (κ3) is 4.50. The highest BCUT2D eigenvalue weighted by molar-refractivity contribution is 7.99. The van der Waals surface area contributed by atoms with Gasteiger partial charge >= 0.3 is 0 Å². The molecular weight excluding hydrogens is 332 g/mol. The number of amides is 1. The second kappa shape index (κ2) is 7.53. The zero-order valence-electron chi connectivity index (χ0n) is 12.3. The monoisotopic (exact) mass is 346 g/mol. The Balaban J connectivity index is 1.43. The number of oxazole rings is 1. The fourth-order valence-electron chi connectivity index (χ4n) is 2.09. The van der Waals surface area contributed by atoms with Crippen LogP contribution in [0, 0.1) is 0 Å². The van der Waals surface area contributed by atoms with E-state index in [1.54, 1.807) is 0 Å². The molecule has 0 atom stereocenters. The maximum atomic E-state index is 11.9. The Morgan fingerprint density at radius 1 is 1.17 bits per heavy atom. The van der Waals surface area contributed by atoms with Crippen molar-refractivity contribution < 1.29 is 9.21 Å². The van der Waals surface area contributed by atoms with Crippen molar-refractivity contribution in [1.82, 2.24) is 10.3 Å². The van der Waals surface area contributed by atoms with Gasteiger partial charge in [-0.25, -0.2) is 4.98 Å². The van der Waals surface area contributed by atoms with Crippen molar-refractivity contribution in [1.29, 1.82) is 0 Å². The van der Waals surface area contributed by atoms with Crippen molar-refractivity contribution in [3.63, 3.8) is 0 Å². The summed E-state index contributed by atoms with van der Waals surface area (Å²) in [6, 6.07) is 15.2. The molecule has 3 aromatic rings. The second-order valence-corrected chi connectivity index (χ2v) is 6.33. The first-order valence-electron chi connectivity index (χ1n) is 7.20. The Morgan fingerprint density at radius 2 is 1.96 bits per heavy atom. The molecule has 1 amide bonds. The predicted octanol–water partition coefficient (Wildman–Crippen LogP) is 3.93. The van der Waals surface area contributed by atoms with Crippen LogP contribution in [0.5, 0.6) is 0 Å². The van der Waals surface area contributed by atoms with Crippen molar-refractivity contribution in [2.45, 2.75) is 11.6 Å². The molecule has 1 aromatic heterocycles. The van der Waals surface area contributed by atoms with Gasteiger partial charge in [-0.3, -0.25) is 4.79 Å². The van der Waals surface area contributed by atoms with E-state index in [9.17, 15) is 4.79 Å². The number of halogens is 1. The van der Waals surface area contributed by atoms with Gasteiger partial charge in [-0.05, 0) is 36.2 Å². The minimum Gasteiger partial charge on any atom is -0.431 e. The largest absolute Gasteiger partial charge is 0.431 e. The Bertz CT molecular complexity index is 769. The number of rotatable bonds is 6. The fourth-order valence-corrected chi connectivity index (χ4v) is 2.88. The Kier molecular flexibility index (Phi) is 5.20. The van der Waals surface area contributed by atoms with E-state index in [1.165, 1.54) is 11.8 Å². The lowest BCUT2D eigenvalue weighted by molar-refractivity contribution is -0.118. The summed E-state index contributed by atoms with van der Waals surface area (Å²) < 4.78 is 5.56. The van der Waals surface area contributed by atoms with Crippen LogP contribution in [0.3, 0.4) is 0 Å². The average Bonchev–Trinajstić information content (AvgIpc) is 2.98. The van der Waals surface area contributed by atoms with Crippen LogP contribution < -0.4 is 5.32 Å². The smallest absolute Gasteiger partial charge is 0.257 e. The Morgan fingerprint density at radius 3 is 2.74 bits per heavy atom. The van der Waals surface area contributed by atoms with Crippen molar-refractivity contribution in [3.05, 3.63) is 59.1 Å². The van der Waals surface area contributed by atoms with Gasteiger partial charge in [-0.15, -0.1) is 0 Å². The predicted molar refractivity (Wildman–Crippen MR) is 92.9 cm³/mol. The summed E-state index contributed by atoms with van der Waals surface area (Å²) in [5, 5.41) is 4.12. The van der Waals surface area contributed by atoms with E-state index in [2.05, 4.69) is 10.3 Å². The van der Waals surface area contributed by atoms with Crippen molar-refractivity contribution in [2.24, 2.45) is 0 Å². The molecule has 118 valence electrons. The highest BCUT2D eigenvalue weighted by Crippen LogP contribution is 2.22. The molecule has 0 fully saturated rings. The summed E-state index contributed by atoms with van der Waals surface area (Å²) in [5.74, 6) is 0.249. The number of aromatic nitrogens is 1. The first-order chi connectivity index (χ1) is 11.2. The number of hydrogen-bond donors (Lipinski definition) is 1. The molecule has 0 saturated carbocycles. The Labute approximate surface area is 143 Å². The summed E-state index contributed by atoms with van der Waals surface area (Å²) in [4.78, 5) is 16.2. The number of hydrogen-bond acceptors (Lipinski definition) is 4. The molecule has 0 spiro atoms. The number of thioether (sulfide) groups is 1. The highest BCUT2D eigenvalue weighted by Gasteiger charge is 2.08. The molecule has 2 aromatic carbocycles. The van der Waals surface area contributed by atoms with Crippen molar-refractivity contribution in [2.75, 3.05) is 12.3 Å². The van der Waals surface area contributed by atoms with E-state index in [1.807, 2.05) is 48.5 Å². The van der Waals surface area contributed by atoms with Gasteiger partial charge in [0.25, 0.3) is 5.22 Å². The lowest BCUT2D eigenvalue weighted by Gasteiger charge is -2.04. The molecule has 6 heteroatoms. The standard InChI is InChI=1S/C17H15ClN2O2S/c18-13-7-5-12(6-8-13)9-10-19-16(21)11-23-17-20-14-3-1-2-4-15(14)22-17/h1-8H,9-11H2,(H,19,21). The molecule has 4 nitrogen and oxygen atoms in total. The Hall–Kier alpha value is -1.98. The van der Waals surface area contributed by atoms with Crippen molar-refractivity contribution >= 4 is 40.4 Å². The lowest BCUT2D eigenvalue weighted by atomic mass is 10.1. The van der Waals surface area contributed by atoms with Crippen LogP contribution in [0.1, 0.15) is 5.56 Å². The lowest BCUT2D eigenvalue weighted by Crippen LogP contribution is -2.27. The molecule has 0 unspecified atom stereocenters. The molecule has 0 bridgehead atoms. The van der Waals surface area contributed by atoms with E-state index in [0.29, 0.717) is 16.8 Å². The summed E-state index contributed by atoms with van der Waals surface area (Å²) in [6.45, 7) is 0.592. The molecule has 0 aliphatic carbocycles. The number of nitrogens with zero attached hydrogens (tertiary/aromatic N) is 1. The molecule has 1 N–H and O–H groups in total. The van der Waals surface area contributed by atoms with Crippen LogP contribution in [0.25, 0.3) is 11.1 Å². The average molecular weight is 347 g/mol. The topological polar surface area (TPSA) is 55.1 Å². The highest BCUT2D eigenvalue weighted by atomic mass is 35.5. The van der Waals surface area contributed by atoms with E-state index >= 15 is 0 Å². The number of fused-ring (bicyclic) bond motifs is 1. The molecule has 3 rings (SSSR count). The van der Waals surface area contributed by atoms with Crippen LogP contribution >= 0.6 is 23.4 Å². The van der Waals surface area contributed by atoms with E-state index < -0.39 is 0 Å². The number of para-hydroxylation sites is 2. The molecule has 23 heavy (non-hydrogen) atoms. The van der Waals surface area contributed by atoms with Gasteiger partial charge in [0, 0.05) is 11.6 Å². The number of benzene rings is 2. The molecule has 0 aliphatic heterocycles. The van der Waals surface area contributed by atoms with Gasteiger partial charge in [-0.1, -0.05) is 47.6 Å². The number of nitrogens with one attached hydrogen (secondary N) is 1. The van der Waals surface area contributed by atoms with Gasteiger partial charge in [0.05, 0.1) is 5.75 Å². The third-order valence-corrected chi connectivity index (χ3v) is 4.33. The number of carbonyl (C=O) groups is 1. The maximum absolute atomic E-state index is 11.9. The molecule has 0 aliphatic rings. The van der Waals surface area contributed by atoms with Crippen molar-refractivity contribution in [3.8, 4) is 0 Å². The zero-order chi connectivity index (χ0) is 16.1. The molecule has 1 heterocycles. The minimum absolute atomic E-state index is 0.0359. The number of carbonyl (C=O) groups excluding carboxylic acids is 1. The third-order valence-electron chi connectivity index (χ3n) is 3.25. The van der Waals surface area contributed by atoms with E-state index in [4.69, 9.17) is 16.0 Å². The zero-order valence-corrected chi connectivity index (χ0v) is 13.9. The van der Waals surface area contributed by atoms with Crippen LogP contribution in [-0.4, -0.2) is 23.2 Å². The maximum Gasteiger partial charge on any atom is 0.257 e. The van der Waals surface area contributed by atoms with E-state index in [0.717, 1.165) is 23.1 Å². The SMILES string of the molecule is O=C(CSc1nc2ccccc2o1)NCCc1ccc(Cl)cc1. The van der Waals surface area contributed by atoms with Crippen LogP contribution in [0.15, 0.2) is 58.2 Å². The quantitative estimate of drug-likeness (QED) is 0.687. The van der Waals surface area contributed by atoms with Gasteiger partial charge in [0.2, 0.25) is 5.91 Å². The van der Waals surface area contributed by atoms with Gasteiger partial charge < -0.3 is 9.73 Å². The first-order valence-corrected chi connectivity index (χ1v) is 8.56. The van der Waals surface area contributed by atoms with E-state index in [-0.39, 0.29) is 11.7 Å². The van der Waals surface area contributed by atoms with Gasteiger partial charge in [-0.2, -0.15) is 0 Å². The van der Waals surface area contributed by atoms with Crippen LogP contribution in [-0.2, 0) is 11.2 Å².